The number of alkyl halides is 3. The summed E-state index contributed by atoms with van der Waals surface area (Å²) in [5, 5.41) is 10.4. The zero-order chi connectivity index (χ0) is 23.8. The maximum absolute atomic E-state index is 13.6. The molecule has 11 heteroatoms. The molecule has 1 atom stereocenters. The SMILES string of the molecule is NC(CO)(CCc1ccc(OCCCc2cc(Cl)cc(Cl)c2)c(C(F)(F)F)c1)COP=O. The van der Waals surface area contributed by atoms with Gasteiger partial charge in [-0.05, 0) is 67.1 Å². The highest BCUT2D eigenvalue weighted by Crippen LogP contribution is 2.37. The summed E-state index contributed by atoms with van der Waals surface area (Å²) >= 11 is 11.9. The van der Waals surface area contributed by atoms with Crippen LogP contribution in [0.2, 0.25) is 10.0 Å². The van der Waals surface area contributed by atoms with Gasteiger partial charge in [0.2, 0.25) is 0 Å². The first-order valence-corrected chi connectivity index (χ1v) is 11.2. The Balaban J connectivity index is 2.02. The van der Waals surface area contributed by atoms with Crippen molar-refractivity contribution in [1.29, 1.82) is 0 Å². The highest BCUT2D eigenvalue weighted by Gasteiger charge is 2.35. The molecule has 0 heterocycles. The van der Waals surface area contributed by atoms with E-state index in [1.807, 2.05) is 0 Å². The zero-order valence-corrected chi connectivity index (χ0v) is 19.4. The van der Waals surface area contributed by atoms with Crippen molar-refractivity contribution in [2.75, 3.05) is 19.8 Å². The number of aliphatic hydroxyl groups is 1. The van der Waals surface area contributed by atoms with Crippen LogP contribution in [0.15, 0.2) is 36.4 Å². The molecule has 1 unspecified atom stereocenters. The molecule has 0 aliphatic carbocycles. The van der Waals surface area contributed by atoms with Crippen molar-refractivity contribution in [3.05, 3.63) is 63.1 Å². The van der Waals surface area contributed by atoms with Crippen molar-refractivity contribution in [2.24, 2.45) is 5.73 Å². The Morgan fingerprint density at radius 1 is 1.03 bits per heavy atom. The third-order valence-electron chi connectivity index (χ3n) is 4.77. The fraction of sp³-hybridized carbons (Fsp3) is 0.429. The number of aliphatic hydroxyl groups excluding tert-OH is 1. The molecule has 176 valence electrons. The molecular weight excluding hydrogens is 489 g/mol. The van der Waals surface area contributed by atoms with Crippen LogP contribution in [0.3, 0.4) is 0 Å². The van der Waals surface area contributed by atoms with E-state index in [2.05, 4.69) is 0 Å². The average Bonchev–Trinajstić information content (AvgIpc) is 2.73. The standard InChI is InChI=1S/C21H23Cl2F3NO4P/c22-16-8-15(9-17(23)11-16)2-1-7-30-19-4-3-14(10-18(19)21(24,25)26)5-6-20(27,12-28)13-31-32-29/h3-4,8-11,28H,1-2,5-7,12-13,27H2. The summed E-state index contributed by atoms with van der Waals surface area (Å²) in [6.07, 6.45) is -3.29. The summed E-state index contributed by atoms with van der Waals surface area (Å²) in [5.74, 6) is -0.264. The second-order valence-corrected chi connectivity index (χ2v) is 8.71. The van der Waals surface area contributed by atoms with E-state index < -0.39 is 32.6 Å². The second-order valence-electron chi connectivity index (χ2n) is 7.43. The molecule has 0 aromatic heterocycles. The highest BCUT2D eigenvalue weighted by atomic mass is 35.5. The van der Waals surface area contributed by atoms with Gasteiger partial charge in [0.1, 0.15) is 5.75 Å². The summed E-state index contributed by atoms with van der Waals surface area (Å²) in [6, 6.07) is 8.90. The Bertz CT molecular complexity index is 897. The fourth-order valence-corrected chi connectivity index (χ4v) is 3.92. The lowest BCUT2D eigenvalue weighted by Crippen LogP contribution is -2.47. The Kier molecular flexibility index (Phi) is 10.2. The van der Waals surface area contributed by atoms with Gasteiger partial charge in [-0.3, -0.25) is 4.52 Å². The molecule has 0 saturated carbocycles. The lowest BCUT2D eigenvalue weighted by molar-refractivity contribution is -0.139. The van der Waals surface area contributed by atoms with Gasteiger partial charge in [-0.1, -0.05) is 29.3 Å². The van der Waals surface area contributed by atoms with Gasteiger partial charge in [-0.2, -0.15) is 13.2 Å². The Labute approximate surface area is 195 Å². The molecule has 32 heavy (non-hydrogen) atoms. The monoisotopic (exact) mass is 511 g/mol. The molecule has 0 saturated heterocycles. The first-order chi connectivity index (χ1) is 15.1. The first-order valence-electron chi connectivity index (χ1n) is 9.68. The summed E-state index contributed by atoms with van der Waals surface area (Å²) in [7, 11) is -0.587. The van der Waals surface area contributed by atoms with E-state index in [9.17, 15) is 22.8 Å². The molecule has 0 aliphatic heterocycles. The molecule has 2 aromatic rings. The van der Waals surface area contributed by atoms with Crippen LogP contribution in [0.1, 0.15) is 29.5 Å². The lowest BCUT2D eigenvalue weighted by atomic mass is 9.93. The summed E-state index contributed by atoms with van der Waals surface area (Å²) < 4.78 is 61.3. The largest absolute Gasteiger partial charge is 0.493 e. The smallest absolute Gasteiger partial charge is 0.419 e. The minimum atomic E-state index is -4.60. The van der Waals surface area contributed by atoms with Crippen molar-refractivity contribution >= 4 is 31.9 Å². The predicted molar refractivity (Wildman–Crippen MR) is 118 cm³/mol. The molecule has 0 aliphatic rings. The van der Waals surface area contributed by atoms with E-state index in [4.69, 9.17) is 38.2 Å². The Hall–Kier alpha value is -1.41. The highest BCUT2D eigenvalue weighted by molar-refractivity contribution is 7.17. The topological polar surface area (TPSA) is 81.8 Å². The van der Waals surface area contributed by atoms with Gasteiger partial charge in [-0.15, -0.1) is 0 Å². The minimum absolute atomic E-state index is 0.0781. The summed E-state index contributed by atoms with van der Waals surface area (Å²) in [5.41, 5.74) is 5.09. The number of hydrogen-bond acceptors (Lipinski definition) is 5. The van der Waals surface area contributed by atoms with Gasteiger partial charge in [0.15, 0.2) is 0 Å². The predicted octanol–water partition coefficient (Wildman–Crippen LogP) is 5.87. The van der Waals surface area contributed by atoms with Crippen LogP contribution in [0, 0.1) is 0 Å². The molecule has 5 nitrogen and oxygen atoms in total. The Morgan fingerprint density at radius 2 is 1.72 bits per heavy atom. The average molecular weight is 512 g/mol. The maximum Gasteiger partial charge on any atom is 0.419 e. The molecule has 3 N–H and O–H groups in total. The third-order valence-corrected chi connectivity index (χ3v) is 5.44. The van der Waals surface area contributed by atoms with E-state index in [1.165, 1.54) is 12.1 Å². The van der Waals surface area contributed by atoms with Crippen LogP contribution in [0.5, 0.6) is 5.75 Å². The van der Waals surface area contributed by atoms with Gasteiger partial charge >= 0.3 is 14.9 Å². The molecule has 0 radical (unpaired) electrons. The second kappa shape index (κ2) is 12.2. The van der Waals surface area contributed by atoms with Crippen LogP contribution in [-0.4, -0.2) is 30.5 Å². The van der Waals surface area contributed by atoms with Gasteiger partial charge < -0.3 is 15.6 Å². The molecular formula is C21H23Cl2F3NO4P. The number of benzene rings is 2. The van der Waals surface area contributed by atoms with Gasteiger partial charge in [-0.25, -0.2) is 4.57 Å². The Morgan fingerprint density at radius 3 is 2.31 bits per heavy atom. The van der Waals surface area contributed by atoms with Crippen LogP contribution in [0.4, 0.5) is 13.2 Å². The van der Waals surface area contributed by atoms with E-state index >= 15 is 0 Å². The quantitative estimate of drug-likeness (QED) is 0.275. The van der Waals surface area contributed by atoms with E-state index in [-0.39, 0.29) is 31.8 Å². The van der Waals surface area contributed by atoms with Crippen molar-refractivity contribution < 1.29 is 32.1 Å². The molecule has 0 amide bonds. The van der Waals surface area contributed by atoms with Crippen molar-refractivity contribution in [3.8, 4) is 5.75 Å². The number of halogens is 5. The van der Waals surface area contributed by atoms with Crippen LogP contribution < -0.4 is 10.5 Å². The minimum Gasteiger partial charge on any atom is -0.493 e. The van der Waals surface area contributed by atoms with E-state index in [0.717, 1.165) is 11.6 Å². The van der Waals surface area contributed by atoms with Gasteiger partial charge in [0, 0.05) is 10.0 Å². The van der Waals surface area contributed by atoms with Gasteiger partial charge in [0.25, 0.3) is 0 Å². The molecule has 2 rings (SSSR count). The number of rotatable bonds is 12. The fourth-order valence-electron chi connectivity index (χ4n) is 3.04. The van der Waals surface area contributed by atoms with Crippen LogP contribution in [-0.2, 0) is 28.1 Å². The lowest BCUT2D eigenvalue weighted by Gasteiger charge is -2.25. The first kappa shape index (κ1) is 26.8. The third kappa shape index (κ3) is 8.50. The van der Waals surface area contributed by atoms with E-state index in [1.54, 1.807) is 18.2 Å². The van der Waals surface area contributed by atoms with Crippen LogP contribution >= 0.6 is 31.9 Å². The number of ether oxygens (including phenoxy) is 1. The molecule has 2 aromatic carbocycles. The van der Waals surface area contributed by atoms with E-state index in [0.29, 0.717) is 28.5 Å². The summed E-state index contributed by atoms with van der Waals surface area (Å²) in [6.45, 7) is -0.581. The number of aryl methyl sites for hydroxylation is 2. The van der Waals surface area contributed by atoms with Gasteiger partial charge in [0.05, 0.1) is 30.9 Å². The molecule has 0 bridgehead atoms. The van der Waals surface area contributed by atoms with Crippen molar-refractivity contribution in [3.63, 3.8) is 0 Å². The molecule has 0 fully saturated rings. The van der Waals surface area contributed by atoms with Crippen molar-refractivity contribution in [2.45, 2.75) is 37.4 Å². The number of nitrogens with two attached hydrogens (primary N) is 1. The summed E-state index contributed by atoms with van der Waals surface area (Å²) in [4.78, 5) is 0. The van der Waals surface area contributed by atoms with Crippen LogP contribution in [0.25, 0.3) is 0 Å². The molecule has 0 spiro atoms. The maximum atomic E-state index is 13.6. The van der Waals surface area contributed by atoms with Crippen molar-refractivity contribution in [1.82, 2.24) is 0 Å². The normalized spacial score (nSPS) is 13.8. The number of hydrogen-bond donors (Lipinski definition) is 2. The zero-order valence-electron chi connectivity index (χ0n) is 17.0.